The fourth-order valence-electron chi connectivity index (χ4n) is 1.60. The Bertz CT molecular complexity index is 523. The zero-order chi connectivity index (χ0) is 19.6. The first-order valence-corrected chi connectivity index (χ1v) is 7.12. The predicted molar refractivity (Wildman–Crippen MR) is 80.5 cm³/mol. The lowest BCUT2D eigenvalue weighted by Gasteiger charge is -2.17. The molecule has 0 heterocycles. The van der Waals surface area contributed by atoms with Gasteiger partial charge in [0.15, 0.2) is 6.04 Å². The molecule has 0 bridgehead atoms. The highest BCUT2D eigenvalue weighted by atomic mass is 16.5. The predicted octanol–water partition coefficient (Wildman–Crippen LogP) is -2.65. The van der Waals surface area contributed by atoms with Crippen LogP contribution < -0.4 is 16.4 Å². The Morgan fingerprint density at radius 1 is 0.920 bits per heavy atom. The summed E-state index contributed by atoms with van der Waals surface area (Å²) in [5, 5.41) is 30.7. The van der Waals surface area contributed by atoms with Crippen molar-refractivity contribution < 1.29 is 44.0 Å². The van der Waals surface area contributed by atoms with Gasteiger partial charge >= 0.3 is 17.9 Å². The van der Waals surface area contributed by atoms with E-state index in [1.807, 2.05) is 0 Å². The third kappa shape index (κ3) is 9.88. The molecule has 0 unspecified atom stereocenters. The molecule has 0 radical (unpaired) electrons. The van der Waals surface area contributed by atoms with Crippen LogP contribution in [0.1, 0.15) is 19.8 Å². The van der Waals surface area contributed by atoms with Gasteiger partial charge in [0.05, 0.1) is 13.2 Å². The van der Waals surface area contributed by atoms with E-state index in [9.17, 15) is 24.0 Å². The van der Waals surface area contributed by atoms with Gasteiger partial charge in [-0.2, -0.15) is 0 Å². The Kier molecular flexibility index (Phi) is 9.74. The molecule has 0 aromatic carbocycles. The van der Waals surface area contributed by atoms with Gasteiger partial charge in [-0.1, -0.05) is 0 Å². The Morgan fingerprint density at radius 2 is 1.48 bits per heavy atom. The number of aliphatic carboxylic acids is 3. The molecular weight excluding hydrogens is 342 g/mol. The third-order valence-electron chi connectivity index (χ3n) is 2.87. The lowest BCUT2D eigenvalue weighted by molar-refractivity contribution is -0.145. The number of nitrogens with one attached hydrogen (secondary N) is 2. The number of rotatable bonds is 12. The van der Waals surface area contributed by atoms with Crippen LogP contribution in [-0.2, 0) is 28.7 Å². The van der Waals surface area contributed by atoms with E-state index in [1.54, 1.807) is 0 Å². The topological polar surface area (TPSA) is 205 Å². The normalized spacial score (nSPS) is 14.0. The molecule has 25 heavy (non-hydrogen) atoms. The average Bonchev–Trinajstić information content (AvgIpc) is 2.49. The van der Waals surface area contributed by atoms with Gasteiger partial charge in [-0.15, -0.1) is 0 Å². The van der Waals surface area contributed by atoms with Crippen LogP contribution in [0.5, 0.6) is 0 Å². The number of carboxylic acids is 3. The molecule has 3 atom stereocenters. The van der Waals surface area contributed by atoms with Gasteiger partial charge in [0.2, 0.25) is 11.8 Å². The first kappa shape index (κ1) is 22.3. The van der Waals surface area contributed by atoms with Crippen molar-refractivity contribution in [3.63, 3.8) is 0 Å². The highest BCUT2D eigenvalue weighted by Crippen LogP contribution is 2.00. The molecule has 2 amide bonds. The number of nitrogens with two attached hydrogens (primary N) is 1. The highest BCUT2D eigenvalue weighted by Gasteiger charge is 2.24. The van der Waals surface area contributed by atoms with Crippen molar-refractivity contribution in [1.82, 2.24) is 10.6 Å². The Balaban J connectivity index is 4.44. The maximum Gasteiger partial charge on any atom is 0.328 e. The van der Waals surface area contributed by atoms with Crippen LogP contribution in [0, 0.1) is 0 Å². The second-order valence-electron chi connectivity index (χ2n) is 5.07. The molecule has 0 saturated heterocycles. The molecule has 142 valence electrons. The second kappa shape index (κ2) is 10.9. The van der Waals surface area contributed by atoms with E-state index in [0.717, 1.165) is 6.92 Å². The number of carbonyl (C=O) groups excluding carboxylic acids is 2. The molecule has 0 aromatic rings. The molecule has 0 aliphatic rings. The van der Waals surface area contributed by atoms with Crippen molar-refractivity contribution >= 4 is 29.7 Å². The Morgan fingerprint density at radius 3 is 1.92 bits per heavy atom. The summed E-state index contributed by atoms with van der Waals surface area (Å²) in [6.07, 6.45) is -0.590. The van der Waals surface area contributed by atoms with Crippen molar-refractivity contribution in [3.8, 4) is 0 Å². The molecule has 0 fully saturated rings. The van der Waals surface area contributed by atoms with Crippen LogP contribution in [0.4, 0.5) is 0 Å². The van der Waals surface area contributed by atoms with E-state index in [4.69, 9.17) is 25.8 Å². The SMILES string of the molecule is CC(=O)N[C@H](CCC(=O)N[C@@H](COC[C@@H](N)C(=O)O)C(=O)O)C(=O)O. The molecule has 12 heteroatoms. The largest absolute Gasteiger partial charge is 0.480 e. The molecule has 0 rings (SSSR count). The quantitative estimate of drug-likeness (QED) is 0.212. The zero-order valence-electron chi connectivity index (χ0n) is 13.4. The monoisotopic (exact) mass is 363 g/mol. The van der Waals surface area contributed by atoms with Crippen molar-refractivity contribution in [2.45, 2.75) is 37.9 Å². The standard InChI is InChI=1S/C13H21N3O9/c1-6(17)15-8(12(21)22)2-3-10(18)16-9(13(23)24)5-25-4-7(14)11(19)20/h7-9H,2-5,14H2,1H3,(H,15,17)(H,16,18)(H,19,20)(H,21,22)(H,23,24)/t7-,8-,9+/m1/s1. The van der Waals surface area contributed by atoms with Crippen LogP contribution in [-0.4, -0.2) is 76.4 Å². The van der Waals surface area contributed by atoms with Crippen LogP contribution in [0.25, 0.3) is 0 Å². The fourth-order valence-corrected chi connectivity index (χ4v) is 1.60. The minimum absolute atomic E-state index is 0.238. The first-order chi connectivity index (χ1) is 11.5. The number of hydrogen-bond donors (Lipinski definition) is 6. The first-order valence-electron chi connectivity index (χ1n) is 7.12. The second-order valence-corrected chi connectivity index (χ2v) is 5.07. The van der Waals surface area contributed by atoms with Crippen LogP contribution in [0.2, 0.25) is 0 Å². The van der Waals surface area contributed by atoms with E-state index in [1.165, 1.54) is 0 Å². The van der Waals surface area contributed by atoms with Gasteiger partial charge in [0.1, 0.15) is 12.1 Å². The maximum absolute atomic E-state index is 11.7. The minimum Gasteiger partial charge on any atom is -0.480 e. The smallest absolute Gasteiger partial charge is 0.328 e. The number of ether oxygens (including phenoxy) is 1. The number of amides is 2. The molecule has 0 spiro atoms. The highest BCUT2D eigenvalue weighted by molar-refractivity contribution is 5.85. The van der Waals surface area contributed by atoms with Crippen molar-refractivity contribution in [1.29, 1.82) is 0 Å². The van der Waals surface area contributed by atoms with E-state index in [-0.39, 0.29) is 12.8 Å². The lowest BCUT2D eigenvalue weighted by atomic mass is 10.1. The van der Waals surface area contributed by atoms with E-state index in [0.29, 0.717) is 0 Å². The van der Waals surface area contributed by atoms with Gasteiger partial charge in [0.25, 0.3) is 0 Å². The summed E-state index contributed by atoms with van der Waals surface area (Å²) in [4.78, 5) is 55.1. The summed E-state index contributed by atoms with van der Waals surface area (Å²) >= 11 is 0. The summed E-state index contributed by atoms with van der Waals surface area (Å²) in [7, 11) is 0. The van der Waals surface area contributed by atoms with Crippen LogP contribution in [0.15, 0.2) is 0 Å². The molecular formula is C13H21N3O9. The van der Waals surface area contributed by atoms with E-state index in [2.05, 4.69) is 10.6 Å². The molecule has 0 aliphatic carbocycles. The maximum atomic E-state index is 11.7. The van der Waals surface area contributed by atoms with Gasteiger partial charge in [-0.05, 0) is 6.42 Å². The molecule has 12 nitrogen and oxygen atoms in total. The average molecular weight is 363 g/mol. The summed E-state index contributed by atoms with van der Waals surface area (Å²) in [6.45, 7) is 0.157. The van der Waals surface area contributed by atoms with Crippen molar-refractivity contribution in [2.75, 3.05) is 13.2 Å². The fraction of sp³-hybridized carbons (Fsp3) is 0.615. The summed E-state index contributed by atoms with van der Waals surface area (Å²) < 4.78 is 4.85. The Labute approximate surface area is 142 Å². The molecule has 0 aliphatic heterocycles. The minimum atomic E-state index is -1.46. The molecule has 7 N–H and O–H groups in total. The number of carbonyl (C=O) groups is 5. The zero-order valence-corrected chi connectivity index (χ0v) is 13.4. The van der Waals surface area contributed by atoms with Gasteiger partial charge in [-0.25, -0.2) is 9.59 Å². The number of hydrogen-bond acceptors (Lipinski definition) is 7. The van der Waals surface area contributed by atoms with Gasteiger partial charge in [-0.3, -0.25) is 14.4 Å². The van der Waals surface area contributed by atoms with E-state index < -0.39 is 61.1 Å². The molecule has 0 aromatic heterocycles. The third-order valence-corrected chi connectivity index (χ3v) is 2.87. The van der Waals surface area contributed by atoms with Crippen molar-refractivity contribution in [3.05, 3.63) is 0 Å². The van der Waals surface area contributed by atoms with Crippen molar-refractivity contribution in [2.24, 2.45) is 5.73 Å². The van der Waals surface area contributed by atoms with Crippen LogP contribution in [0.3, 0.4) is 0 Å². The van der Waals surface area contributed by atoms with Gasteiger partial charge < -0.3 is 36.4 Å². The lowest BCUT2D eigenvalue weighted by Crippen LogP contribution is -2.46. The Hall–Kier alpha value is -2.73. The summed E-state index contributed by atoms with van der Waals surface area (Å²) in [5.41, 5.74) is 5.18. The summed E-state index contributed by atoms with van der Waals surface area (Å²) in [6, 6.07) is -4.08. The van der Waals surface area contributed by atoms with Gasteiger partial charge in [0, 0.05) is 13.3 Å². The van der Waals surface area contributed by atoms with E-state index >= 15 is 0 Å². The molecule has 0 saturated carbocycles. The number of carboxylic acid groups (broad SMARTS) is 3. The summed E-state index contributed by atoms with van der Waals surface area (Å²) in [5.74, 6) is -5.43. The van der Waals surface area contributed by atoms with Crippen LogP contribution >= 0.6 is 0 Å².